The van der Waals surface area contributed by atoms with E-state index in [-0.39, 0.29) is 5.75 Å². The summed E-state index contributed by atoms with van der Waals surface area (Å²) in [6.45, 7) is 0. The molecule has 1 aromatic heterocycles. The molecule has 0 radical (unpaired) electrons. The molecule has 2 rings (SSSR count). The number of carbonyl (C=O) groups excluding carboxylic acids is 1. The first-order valence-electron chi connectivity index (χ1n) is 5.82. The molecule has 5 heteroatoms. The fourth-order valence-electron chi connectivity index (χ4n) is 1.40. The average molecular weight is 262 g/mol. The number of hydrogen-bond donors (Lipinski definition) is 3. The van der Waals surface area contributed by atoms with Crippen molar-refractivity contribution >= 4 is 5.97 Å². The highest BCUT2D eigenvalue weighted by molar-refractivity contribution is 5.75. The molecule has 0 bridgehead atoms. The second-order valence-electron chi connectivity index (χ2n) is 3.89. The molecule has 0 spiro atoms. The molecule has 0 aliphatic carbocycles. The van der Waals surface area contributed by atoms with Crippen LogP contribution in [-0.2, 0) is 16.0 Å². The molecule has 5 nitrogen and oxygen atoms in total. The van der Waals surface area contributed by atoms with Gasteiger partial charge in [0.05, 0.1) is 7.11 Å². The third-order valence-electron chi connectivity index (χ3n) is 2.39. The minimum atomic E-state index is -0.649. The number of carbonyl (C=O) groups is 1. The fraction of sp³-hybridized carbons (Fsp3) is 0.214. The Morgan fingerprint density at radius 1 is 1.32 bits per heavy atom. The smallest absolute Gasteiger partial charge is 0.322 e. The molecule has 0 fully saturated rings. The summed E-state index contributed by atoms with van der Waals surface area (Å²) in [4.78, 5) is 13.8. The zero-order chi connectivity index (χ0) is 14.1. The molecule has 0 aliphatic rings. The van der Waals surface area contributed by atoms with Crippen LogP contribution in [0.3, 0.4) is 0 Å². The molecule has 0 saturated heterocycles. The van der Waals surface area contributed by atoms with Crippen LogP contribution in [0.4, 0.5) is 0 Å². The van der Waals surface area contributed by atoms with Crippen molar-refractivity contribution in [1.29, 1.82) is 0 Å². The molecule has 1 atom stereocenters. The van der Waals surface area contributed by atoms with Gasteiger partial charge in [0.25, 0.3) is 0 Å². The first kappa shape index (κ1) is 14.8. The molecular weight excluding hydrogens is 244 g/mol. The number of nitrogens with two attached hydrogens (primary N) is 1. The number of H-pyrrole nitrogens is 1. The number of ether oxygens (including phenoxy) is 1. The van der Waals surface area contributed by atoms with E-state index in [4.69, 9.17) is 10.8 Å². The number of nitrogens with one attached hydrogen (secondary N) is 1. The summed E-state index contributed by atoms with van der Waals surface area (Å²) >= 11 is 0. The monoisotopic (exact) mass is 262 g/mol. The first-order valence-corrected chi connectivity index (χ1v) is 5.82. The molecule has 0 unspecified atom stereocenters. The van der Waals surface area contributed by atoms with Crippen LogP contribution in [0, 0.1) is 0 Å². The van der Waals surface area contributed by atoms with E-state index in [1.165, 1.54) is 7.11 Å². The van der Waals surface area contributed by atoms with Crippen LogP contribution in [-0.4, -0.2) is 29.2 Å². The Morgan fingerprint density at radius 2 is 1.89 bits per heavy atom. The summed E-state index contributed by atoms with van der Waals surface area (Å²) in [6, 6.07) is 9.79. The summed E-state index contributed by atoms with van der Waals surface area (Å²) in [5.74, 6) is -0.238. The van der Waals surface area contributed by atoms with Crippen LogP contribution in [0.15, 0.2) is 48.8 Å². The maximum atomic E-state index is 11.0. The summed E-state index contributed by atoms with van der Waals surface area (Å²) in [7, 11) is 1.30. The molecule has 0 aliphatic heterocycles. The number of hydrogen-bond acceptors (Lipinski definition) is 4. The predicted octanol–water partition coefficient (Wildman–Crippen LogP) is 1.45. The van der Waals surface area contributed by atoms with Crippen LogP contribution in [0.25, 0.3) is 0 Å². The van der Waals surface area contributed by atoms with Gasteiger partial charge < -0.3 is 20.6 Å². The van der Waals surface area contributed by atoms with Gasteiger partial charge >= 0.3 is 5.97 Å². The zero-order valence-corrected chi connectivity index (χ0v) is 10.7. The van der Waals surface area contributed by atoms with Crippen LogP contribution < -0.4 is 5.73 Å². The highest BCUT2D eigenvalue weighted by Gasteiger charge is 2.13. The lowest BCUT2D eigenvalue weighted by Crippen LogP contribution is -2.33. The summed E-state index contributed by atoms with van der Waals surface area (Å²) in [6.07, 6.45) is 4.16. The highest BCUT2D eigenvalue weighted by Crippen LogP contribution is 2.10. The van der Waals surface area contributed by atoms with Crippen molar-refractivity contribution in [2.75, 3.05) is 7.11 Å². The van der Waals surface area contributed by atoms with E-state index >= 15 is 0 Å². The number of esters is 1. The molecule has 2 aromatic rings. The van der Waals surface area contributed by atoms with Crippen LogP contribution in [0.1, 0.15) is 5.56 Å². The Morgan fingerprint density at radius 3 is 2.32 bits per heavy atom. The number of benzene rings is 1. The van der Waals surface area contributed by atoms with Gasteiger partial charge in [0.15, 0.2) is 0 Å². The predicted molar refractivity (Wildman–Crippen MR) is 72.6 cm³/mol. The lowest BCUT2D eigenvalue weighted by Gasteiger charge is -2.08. The normalized spacial score (nSPS) is 11.1. The minimum absolute atomic E-state index is 0.195. The number of aromatic nitrogens is 1. The van der Waals surface area contributed by atoms with E-state index in [1.807, 2.05) is 24.5 Å². The zero-order valence-electron chi connectivity index (χ0n) is 10.7. The van der Waals surface area contributed by atoms with Crippen molar-refractivity contribution in [3.63, 3.8) is 0 Å². The number of phenols is 1. The Bertz CT molecular complexity index is 449. The standard InChI is InChI=1S/C10H13NO3.C4H5N/c1-14-10(13)9(11)6-7-2-4-8(12)5-3-7;1-2-4-5-3-1/h2-5,9,12H,6,11H2,1H3;1-5H/t9-;/m0./s1. The lowest BCUT2D eigenvalue weighted by molar-refractivity contribution is -0.142. The van der Waals surface area contributed by atoms with E-state index in [2.05, 4.69) is 9.72 Å². The van der Waals surface area contributed by atoms with Gasteiger partial charge in [0.1, 0.15) is 11.8 Å². The maximum Gasteiger partial charge on any atom is 0.322 e. The number of aromatic amines is 1. The number of aromatic hydroxyl groups is 1. The van der Waals surface area contributed by atoms with Crippen LogP contribution in [0.2, 0.25) is 0 Å². The largest absolute Gasteiger partial charge is 0.508 e. The number of phenolic OH excluding ortho intramolecular Hbond substituents is 1. The van der Waals surface area contributed by atoms with Crippen molar-refractivity contribution < 1.29 is 14.6 Å². The molecule has 1 heterocycles. The van der Waals surface area contributed by atoms with Crippen molar-refractivity contribution in [1.82, 2.24) is 4.98 Å². The van der Waals surface area contributed by atoms with Crippen molar-refractivity contribution in [2.45, 2.75) is 12.5 Å². The second kappa shape index (κ2) is 7.94. The van der Waals surface area contributed by atoms with Crippen molar-refractivity contribution in [2.24, 2.45) is 5.73 Å². The van der Waals surface area contributed by atoms with Crippen LogP contribution in [0.5, 0.6) is 5.75 Å². The van der Waals surface area contributed by atoms with Crippen molar-refractivity contribution in [3.05, 3.63) is 54.4 Å². The Balaban J connectivity index is 0.000000300. The van der Waals surface area contributed by atoms with E-state index in [0.717, 1.165) is 5.56 Å². The second-order valence-corrected chi connectivity index (χ2v) is 3.89. The Kier molecular flexibility index (Phi) is 6.18. The molecule has 19 heavy (non-hydrogen) atoms. The first-order chi connectivity index (χ1) is 9.13. The summed E-state index contributed by atoms with van der Waals surface area (Å²) < 4.78 is 4.49. The van der Waals surface area contributed by atoms with E-state index in [1.54, 1.807) is 24.3 Å². The van der Waals surface area contributed by atoms with Crippen LogP contribution >= 0.6 is 0 Å². The highest BCUT2D eigenvalue weighted by atomic mass is 16.5. The van der Waals surface area contributed by atoms with Gasteiger partial charge in [-0.25, -0.2) is 0 Å². The van der Waals surface area contributed by atoms with Gasteiger partial charge in [0, 0.05) is 12.4 Å². The lowest BCUT2D eigenvalue weighted by atomic mass is 10.1. The number of rotatable bonds is 3. The van der Waals surface area contributed by atoms with E-state index in [9.17, 15) is 4.79 Å². The average Bonchev–Trinajstić information content (AvgIpc) is 2.99. The van der Waals surface area contributed by atoms with Gasteiger partial charge in [-0.3, -0.25) is 4.79 Å². The van der Waals surface area contributed by atoms with Gasteiger partial charge in [-0.15, -0.1) is 0 Å². The summed E-state index contributed by atoms with van der Waals surface area (Å²) in [5, 5.41) is 9.02. The topological polar surface area (TPSA) is 88.3 Å². The Hall–Kier alpha value is -2.27. The fourth-order valence-corrected chi connectivity index (χ4v) is 1.40. The molecule has 4 N–H and O–H groups in total. The van der Waals surface area contributed by atoms with Crippen molar-refractivity contribution in [3.8, 4) is 5.75 Å². The van der Waals surface area contributed by atoms with E-state index < -0.39 is 12.0 Å². The number of methoxy groups -OCH3 is 1. The third-order valence-corrected chi connectivity index (χ3v) is 2.39. The SMILES string of the molecule is COC(=O)[C@@H](N)Cc1ccc(O)cc1.c1cc[nH]c1. The summed E-state index contributed by atoms with van der Waals surface area (Å²) in [5.41, 5.74) is 6.45. The van der Waals surface area contributed by atoms with Gasteiger partial charge in [-0.2, -0.15) is 0 Å². The van der Waals surface area contributed by atoms with Gasteiger partial charge in [-0.05, 0) is 36.2 Å². The molecular formula is C14H18N2O3. The minimum Gasteiger partial charge on any atom is -0.508 e. The maximum absolute atomic E-state index is 11.0. The quantitative estimate of drug-likeness (QED) is 0.730. The molecule has 0 amide bonds. The van der Waals surface area contributed by atoms with Gasteiger partial charge in [0.2, 0.25) is 0 Å². The molecule has 1 aromatic carbocycles. The van der Waals surface area contributed by atoms with E-state index in [0.29, 0.717) is 6.42 Å². The molecule has 102 valence electrons. The third kappa shape index (κ3) is 5.74. The van der Waals surface area contributed by atoms with Gasteiger partial charge in [-0.1, -0.05) is 12.1 Å². The molecule has 0 saturated carbocycles. The Labute approximate surface area is 112 Å².